The van der Waals surface area contributed by atoms with Crippen molar-refractivity contribution in [3.05, 3.63) is 21.9 Å². The summed E-state index contributed by atoms with van der Waals surface area (Å²) in [5.74, 6) is -1.08. The number of aliphatic hydroxyl groups excluding tert-OH is 1. The number of ether oxygens (including phenoxy) is 1. The van der Waals surface area contributed by atoms with Crippen molar-refractivity contribution in [1.29, 1.82) is 0 Å². The first-order chi connectivity index (χ1) is 7.74. The Morgan fingerprint density at radius 1 is 1.41 bits per heavy atom. The van der Waals surface area contributed by atoms with Gasteiger partial charge >= 0.3 is 6.36 Å². The van der Waals surface area contributed by atoms with E-state index in [1.165, 1.54) is 0 Å². The Kier molecular flexibility index (Phi) is 4.26. The lowest BCUT2D eigenvalue weighted by molar-refractivity contribution is -0.275. The Balaban J connectivity index is 3.27. The average Bonchev–Trinajstić information content (AvgIpc) is 2.13. The lowest BCUT2D eigenvalue weighted by Gasteiger charge is -2.14. The molecule has 3 nitrogen and oxygen atoms in total. The van der Waals surface area contributed by atoms with Gasteiger partial charge in [0.2, 0.25) is 0 Å². The highest BCUT2D eigenvalue weighted by molar-refractivity contribution is 9.10. The number of nitrogens with zero attached hydrogens (tertiary/aromatic N) is 1. The van der Waals surface area contributed by atoms with Crippen LogP contribution in [0.4, 0.5) is 22.0 Å². The second kappa shape index (κ2) is 5.13. The fraction of sp³-hybridized carbons (Fsp3) is 0.375. The monoisotopic (exact) mass is 321 g/mol. The third-order valence-electron chi connectivity index (χ3n) is 1.63. The van der Waals surface area contributed by atoms with Crippen molar-refractivity contribution in [3.8, 4) is 5.75 Å². The van der Waals surface area contributed by atoms with E-state index in [0.29, 0.717) is 6.07 Å². The molecule has 0 unspecified atom stereocenters. The number of rotatable bonds is 3. The van der Waals surface area contributed by atoms with Gasteiger partial charge in [0.15, 0.2) is 0 Å². The van der Waals surface area contributed by atoms with E-state index in [4.69, 9.17) is 5.11 Å². The molecule has 0 radical (unpaired) electrons. The van der Waals surface area contributed by atoms with E-state index in [2.05, 4.69) is 25.7 Å². The van der Waals surface area contributed by atoms with E-state index >= 15 is 0 Å². The summed E-state index contributed by atoms with van der Waals surface area (Å²) in [7, 11) is 0. The van der Waals surface area contributed by atoms with Crippen molar-refractivity contribution in [2.45, 2.75) is 19.4 Å². The summed E-state index contributed by atoms with van der Waals surface area (Å²) in [5, 5.41) is 8.71. The fourth-order valence-electron chi connectivity index (χ4n) is 1.04. The molecule has 0 aliphatic carbocycles. The quantitative estimate of drug-likeness (QED) is 0.687. The SMILES string of the molecule is OCc1cc(OC(F)(F)F)c(C(F)F)c(Br)n1. The fourth-order valence-corrected chi connectivity index (χ4v) is 1.63. The molecule has 1 heterocycles. The Morgan fingerprint density at radius 3 is 2.41 bits per heavy atom. The number of hydrogen-bond acceptors (Lipinski definition) is 3. The van der Waals surface area contributed by atoms with E-state index in [0.717, 1.165) is 0 Å². The van der Waals surface area contributed by atoms with Gasteiger partial charge < -0.3 is 9.84 Å². The summed E-state index contributed by atoms with van der Waals surface area (Å²) < 4.78 is 64.0. The number of hydrogen-bond donors (Lipinski definition) is 1. The second-order valence-electron chi connectivity index (χ2n) is 2.82. The van der Waals surface area contributed by atoms with Crippen LogP contribution < -0.4 is 4.74 Å². The zero-order valence-electron chi connectivity index (χ0n) is 7.93. The maximum absolute atomic E-state index is 12.5. The van der Waals surface area contributed by atoms with Crippen LogP contribution >= 0.6 is 15.9 Å². The van der Waals surface area contributed by atoms with Crippen molar-refractivity contribution >= 4 is 15.9 Å². The number of alkyl halides is 5. The highest BCUT2D eigenvalue weighted by atomic mass is 79.9. The molecule has 0 aliphatic rings. The molecule has 0 atom stereocenters. The molecule has 0 bridgehead atoms. The van der Waals surface area contributed by atoms with Gasteiger partial charge in [-0.15, -0.1) is 13.2 Å². The molecule has 1 rings (SSSR count). The topological polar surface area (TPSA) is 42.4 Å². The van der Waals surface area contributed by atoms with Gasteiger partial charge in [0.25, 0.3) is 6.43 Å². The maximum Gasteiger partial charge on any atom is 0.573 e. The summed E-state index contributed by atoms with van der Waals surface area (Å²) in [6.45, 7) is -0.698. The summed E-state index contributed by atoms with van der Waals surface area (Å²) in [6, 6.07) is 0.611. The van der Waals surface area contributed by atoms with Gasteiger partial charge in [-0.2, -0.15) is 0 Å². The smallest absolute Gasteiger partial charge is 0.405 e. The third-order valence-corrected chi connectivity index (χ3v) is 2.24. The van der Waals surface area contributed by atoms with Crippen LogP contribution in [0, 0.1) is 0 Å². The lowest BCUT2D eigenvalue weighted by Crippen LogP contribution is -2.19. The zero-order valence-corrected chi connectivity index (χ0v) is 9.52. The standard InChI is InChI=1S/C8H5BrF5NO2/c9-6-5(7(10)11)4(17-8(12,13)14)1-3(2-16)15-6/h1,7,16H,2H2. The van der Waals surface area contributed by atoms with Crippen molar-refractivity contribution in [2.24, 2.45) is 0 Å². The van der Waals surface area contributed by atoms with E-state index in [1.807, 2.05) is 0 Å². The van der Waals surface area contributed by atoms with Crippen LogP contribution in [0.15, 0.2) is 10.7 Å². The van der Waals surface area contributed by atoms with E-state index < -0.39 is 35.3 Å². The molecule has 17 heavy (non-hydrogen) atoms. The minimum atomic E-state index is -5.10. The average molecular weight is 322 g/mol. The molecule has 9 heteroatoms. The Labute approximate surface area is 100 Å². The molecule has 0 aliphatic heterocycles. The van der Waals surface area contributed by atoms with Crippen LogP contribution in [-0.4, -0.2) is 16.5 Å². The van der Waals surface area contributed by atoms with Gasteiger partial charge in [0.05, 0.1) is 17.9 Å². The van der Waals surface area contributed by atoms with Gasteiger partial charge in [-0.25, -0.2) is 13.8 Å². The number of pyridine rings is 1. The summed E-state index contributed by atoms with van der Waals surface area (Å²) in [5.41, 5.74) is -1.24. The predicted octanol–water partition coefficient (Wildman–Crippen LogP) is 3.17. The molecule has 1 N–H and O–H groups in total. The first-order valence-corrected chi connectivity index (χ1v) is 4.88. The van der Waals surface area contributed by atoms with Gasteiger partial charge in [0.1, 0.15) is 10.4 Å². The maximum atomic E-state index is 12.5. The van der Waals surface area contributed by atoms with Gasteiger partial charge in [-0.05, 0) is 15.9 Å². The Bertz CT molecular complexity index is 410. The number of halogens is 6. The molecule has 0 spiro atoms. The van der Waals surface area contributed by atoms with Gasteiger partial charge in [-0.3, -0.25) is 0 Å². The van der Waals surface area contributed by atoms with Crippen molar-refractivity contribution in [2.75, 3.05) is 0 Å². The Hall–Kier alpha value is -0.960. The second-order valence-corrected chi connectivity index (χ2v) is 3.57. The molecule has 1 aromatic rings. The molecule has 0 amide bonds. The molecule has 96 valence electrons. The molecular weight excluding hydrogens is 317 g/mol. The van der Waals surface area contributed by atoms with Gasteiger partial charge in [-0.1, -0.05) is 0 Å². The minimum absolute atomic E-state index is 0.222. The normalized spacial score (nSPS) is 12.0. The van der Waals surface area contributed by atoms with Crippen LogP contribution in [0.25, 0.3) is 0 Å². The molecular formula is C8H5BrF5NO2. The van der Waals surface area contributed by atoms with E-state index in [1.54, 1.807) is 0 Å². The summed E-state index contributed by atoms with van der Waals surface area (Å²) >= 11 is 2.60. The highest BCUT2D eigenvalue weighted by Crippen LogP contribution is 2.37. The number of aromatic nitrogens is 1. The van der Waals surface area contributed by atoms with E-state index in [9.17, 15) is 22.0 Å². The molecule has 1 aromatic heterocycles. The number of aliphatic hydroxyl groups is 1. The molecule has 0 aromatic carbocycles. The van der Waals surface area contributed by atoms with Crippen LogP contribution in [-0.2, 0) is 6.61 Å². The van der Waals surface area contributed by atoms with Gasteiger partial charge in [0, 0.05) is 6.07 Å². The van der Waals surface area contributed by atoms with Crippen LogP contribution in [0.2, 0.25) is 0 Å². The predicted molar refractivity (Wildman–Crippen MR) is 49.5 cm³/mol. The van der Waals surface area contributed by atoms with Crippen molar-refractivity contribution < 1.29 is 31.8 Å². The van der Waals surface area contributed by atoms with Crippen LogP contribution in [0.1, 0.15) is 17.7 Å². The van der Waals surface area contributed by atoms with Crippen molar-refractivity contribution in [1.82, 2.24) is 4.98 Å². The first-order valence-electron chi connectivity index (χ1n) is 4.08. The summed E-state index contributed by atoms with van der Waals surface area (Å²) in [4.78, 5) is 3.44. The first kappa shape index (κ1) is 14.1. The van der Waals surface area contributed by atoms with Crippen molar-refractivity contribution in [3.63, 3.8) is 0 Å². The highest BCUT2D eigenvalue weighted by Gasteiger charge is 2.34. The minimum Gasteiger partial charge on any atom is -0.405 e. The Morgan fingerprint density at radius 2 is 2.00 bits per heavy atom. The largest absolute Gasteiger partial charge is 0.573 e. The molecule has 0 fully saturated rings. The van der Waals surface area contributed by atoms with Crippen LogP contribution in [0.5, 0.6) is 5.75 Å². The van der Waals surface area contributed by atoms with Crippen LogP contribution in [0.3, 0.4) is 0 Å². The molecule has 0 saturated carbocycles. The van der Waals surface area contributed by atoms with E-state index in [-0.39, 0.29) is 5.69 Å². The summed E-state index contributed by atoms with van der Waals surface area (Å²) in [6.07, 6.45) is -8.29. The third kappa shape index (κ3) is 3.77. The zero-order chi connectivity index (χ0) is 13.2. The molecule has 0 saturated heterocycles. The lowest BCUT2D eigenvalue weighted by atomic mass is 10.2.